The van der Waals surface area contributed by atoms with Gasteiger partial charge in [0.2, 0.25) is 0 Å². The van der Waals surface area contributed by atoms with Crippen molar-refractivity contribution in [3.8, 4) is 11.8 Å². The molecule has 0 aliphatic carbocycles. The third kappa shape index (κ3) is 3.45. The Bertz CT molecular complexity index is 382. The molecule has 0 spiro atoms. The van der Waals surface area contributed by atoms with Crippen molar-refractivity contribution < 1.29 is 14.3 Å². The molecule has 1 aromatic rings. The van der Waals surface area contributed by atoms with Crippen LogP contribution in [0, 0.1) is 11.8 Å². The lowest BCUT2D eigenvalue weighted by Crippen LogP contribution is -2.00. The van der Waals surface area contributed by atoms with Gasteiger partial charge in [0.1, 0.15) is 6.61 Å². The van der Waals surface area contributed by atoms with Crippen LogP contribution in [0.15, 0.2) is 24.3 Å². The van der Waals surface area contributed by atoms with Crippen LogP contribution in [0.25, 0.3) is 0 Å². The van der Waals surface area contributed by atoms with Gasteiger partial charge in [0, 0.05) is 12.7 Å². The lowest BCUT2D eigenvalue weighted by molar-refractivity contribution is 0.0601. The van der Waals surface area contributed by atoms with E-state index in [9.17, 15) is 4.79 Å². The molecule has 0 fully saturated rings. The highest BCUT2D eigenvalue weighted by Gasteiger charge is 2.02. The number of carbonyl (C=O) groups excluding carboxylic acids is 1. The fourth-order valence-corrected chi connectivity index (χ4v) is 1.02. The largest absolute Gasteiger partial charge is 0.465 e. The molecule has 0 heterocycles. The third-order valence-corrected chi connectivity index (χ3v) is 1.76. The van der Waals surface area contributed by atoms with Gasteiger partial charge in [-0.05, 0) is 24.3 Å². The smallest absolute Gasteiger partial charge is 0.337 e. The molecule has 1 aromatic carbocycles. The van der Waals surface area contributed by atoms with Gasteiger partial charge < -0.3 is 9.47 Å². The van der Waals surface area contributed by atoms with Crippen LogP contribution in [-0.4, -0.2) is 26.8 Å². The molecule has 0 aliphatic rings. The molecule has 0 unspecified atom stereocenters. The van der Waals surface area contributed by atoms with Crippen LogP contribution in [0.5, 0.6) is 0 Å². The molecule has 78 valence electrons. The summed E-state index contributed by atoms with van der Waals surface area (Å²) in [5, 5.41) is 0. The fourth-order valence-electron chi connectivity index (χ4n) is 1.02. The van der Waals surface area contributed by atoms with Gasteiger partial charge in [-0.3, -0.25) is 0 Å². The molecular formula is C12H12O3. The molecule has 0 saturated heterocycles. The van der Waals surface area contributed by atoms with Gasteiger partial charge in [0.25, 0.3) is 0 Å². The molecule has 15 heavy (non-hydrogen) atoms. The normalized spacial score (nSPS) is 8.93. The molecule has 0 atom stereocenters. The summed E-state index contributed by atoms with van der Waals surface area (Å²) in [4.78, 5) is 11.1. The van der Waals surface area contributed by atoms with Crippen molar-refractivity contribution in [2.45, 2.75) is 0 Å². The van der Waals surface area contributed by atoms with Gasteiger partial charge >= 0.3 is 5.97 Å². The number of hydrogen-bond acceptors (Lipinski definition) is 3. The summed E-state index contributed by atoms with van der Waals surface area (Å²) in [6.45, 7) is 0.402. The minimum atomic E-state index is -0.341. The van der Waals surface area contributed by atoms with E-state index in [-0.39, 0.29) is 5.97 Å². The van der Waals surface area contributed by atoms with Crippen LogP contribution >= 0.6 is 0 Å². The SMILES string of the molecule is COCC#Cc1ccc(C(=O)OC)cc1. The Morgan fingerprint density at radius 2 is 1.93 bits per heavy atom. The molecule has 0 radical (unpaired) electrons. The standard InChI is InChI=1S/C12H12O3/c1-14-9-3-4-10-5-7-11(8-6-10)12(13)15-2/h5-8H,9H2,1-2H3. The molecule has 3 nitrogen and oxygen atoms in total. The van der Waals surface area contributed by atoms with E-state index in [0.29, 0.717) is 12.2 Å². The van der Waals surface area contributed by atoms with Crippen molar-refractivity contribution in [2.75, 3.05) is 20.8 Å². The first-order chi connectivity index (χ1) is 7.27. The molecule has 0 aromatic heterocycles. The summed E-state index contributed by atoms with van der Waals surface area (Å²) in [5.74, 6) is 5.39. The van der Waals surface area contributed by atoms with Crippen molar-refractivity contribution in [3.05, 3.63) is 35.4 Å². The molecular weight excluding hydrogens is 192 g/mol. The van der Waals surface area contributed by atoms with E-state index in [0.717, 1.165) is 5.56 Å². The number of methoxy groups -OCH3 is 2. The summed E-state index contributed by atoms with van der Waals surface area (Å²) < 4.78 is 9.37. The van der Waals surface area contributed by atoms with Crippen LogP contribution in [0.3, 0.4) is 0 Å². The van der Waals surface area contributed by atoms with E-state index in [1.165, 1.54) is 7.11 Å². The van der Waals surface area contributed by atoms with Crippen molar-refractivity contribution in [2.24, 2.45) is 0 Å². The van der Waals surface area contributed by atoms with E-state index in [2.05, 4.69) is 16.6 Å². The monoisotopic (exact) mass is 204 g/mol. The predicted octanol–water partition coefficient (Wildman–Crippen LogP) is 1.47. The zero-order valence-corrected chi connectivity index (χ0v) is 8.74. The Morgan fingerprint density at radius 3 is 2.47 bits per heavy atom. The minimum absolute atomic E-state index is 0.341. The number of benzene rings is 1. The Balaban J connectivity index is 2.73. The summed E-state index contributed by atoms with van der Waals surface area (Å²) in [7, 11) is 2.95. The number of hydrogen-bond donors (Lipinski definition) is 0. The Morgan fingerprint density at radius 1 is 1.27 bits per heavy atom. The molecule has 1 rings (SSSR count). The van der Waals surface area contributed by atoms with Crippen LogP contribution in [0.1, 0.15) is 15.9 Å². The molecule has 0 N–H and O–H groups in total. The highest BCUT2D eigenvalue weighted by molar-refractivity contribution is 5.89. The van der Waals surface area contributed by atoms with E-state index in [1.54, 1.807) is 31.4 Å². The number of rotatable bonds is 2. The van der Waals surface area contributed by atoms with Gasteiger partial charge in [0.15, 0.2) is 0 Å². The lowest BCUT2D eigenvalue weighted by Gasteiger charge is -1.97. The van der Waals surface area contributed by atoms with Gasteiger partial charge in [-0.15, -0.1) is 0 Å². The number of esters is 1. The molecule has 0 bridgehead atoms. The number of carbonyl (C=O) groups is 1. The zero-order chi connectivity index (χ0) is 11.1. The van der Waals surface area contributed by atoms with E-state index < -0.39 is 0 Å². The van der Waals surface area contributed by atoms with E-state index in [4.69, 9.17) is 4.74 Å². The van der Waals surface area contributed by atoms with Gasteiger partial charge in [0.05, 0.1) is 12.7 Å². The van der Waals surface area contributed by atoms with Gasteiger partial charge in [-0.1, -0.05) is 11.8 Å². The summed E-state index contributed by atoms with van der Waals surface area (Å²) >= 11 is 0. The van der Waals surface area contributed by atoms with Crippen molar-refractivity contribution in [3.63, 3.8) is 0 Å². The quantitative estimate of drug-likeness (QED) is 0.540. The summed E-state index contributed by atoms with van der Waals surface area (Å²) in [6.07, 6.45) is 0. The average Bonchev–Trinajstić information content (AvgIpc) is 2.29. The first-order valence-electron chi connectivity index (χ1n) is 4.44. The lowest BCUT2D eigenvalue weighted by atomic mass is 10.1. The second-order valence-corrected chi connectivity index (χ2v) is 2.80. The molecule has 3 heteroatoms. The van der Waals surface area contributed by atoms with E-state index in [1.807, 2.05) is 0 Å². The van der Waals surface area contributed by atoms with Gasteiger partial charge in [-0.2, -0.15) is 0 Å². The van der Waals surface area contributed by atoms with Crippen molar-refractivity contribution in [1.82, 2.24) is 0 Å². The maximum Gasteiger partial charge on any atom is 0.337 e. The number of ether oxygens (including phenoxy) is 2. The second-order valence-electron chi connectivity index (χ2n) is 2.80. The zero-order valence-electron chi connectivity index (χ0n) is 8.74. The van der Waals surface area contributed by atoms with Crippen molar-refractivity contribution >= 4 is 5.97 Å². The van der Waals surface area contributed by atoms with Crippen LogP contribution in [-0.2, 0) is 9.47 Å². The first kappa shape index (κ1) is 11.3. The average molecular weight is 204 g/mol. The maximum atomic E-state index is 11.1. The Kier molecular flexibility index (Phi) is 4.39. The van der Waals surface area contributed by atoms with Crippen molar-refractivity contribution in [1.29, 1.82) is 0 Å². The van der Waals surface area contributed by atoms with Crippen LogP contribution < -0.4 is 0 Å². The molecule has 0 aliphatic heterocycles. The topological polar surface area (TPSA) is 35.5 Å². The minimum Gasteiger partial charge on any atom is -0.465 e. The molecule has 0 amide bonds. The van der Waals surface area contributed by atoms with E-state index >= 15 is 0 Å². The highest BCUT2D eigenvalue weighted by Crippen LogP contribution is 2.04. The maximum absolute atomic E-state index is 11.1. The first-order valence-corrected chi connectivity index (χ1v) is 4.44. The fraction of sp³-hybridized carbons (Fsp3) is 0.250. The van der Waals surface area contributed by atoms with Crippen LogP contribution in [0.2, 0.25) is 0 Å². The summed E-state index contributed by atoms with van der Waals surface area (Å²) in [5.41, 5.74) is 1.37. The van der Waals surface area contributed by atoms with Crippen LogP contribution in [0.4, 0.5) is 0 Å². The summed E-state index contributed by atoms with van der Waals surface area (Å²) in [6, 6.07) is 6.91. The highest BCUT2D eigenvalue weighted by atomic mass is 16.5. The second kappa shape index (κ2) is 5.84. The third-order valence-electron chi connectivity index (χ3n) is 1.76. The Hall–Kier alpha value is -1.79. The predicted molar refractivity (Wildman–Crippen MR) is 56.5 cm³/mol. The van der Waals surface area contributed by atoms with Gasteiger partial charge in [-0.25, -0.2) is 4.79 Å². The Labute approximate surface area is 89.0 Å². The molecule has 0 saturated carbocycles.